The zero-order valence-corrected chi connectivity index (χ0v) is 26.3. The Hall–Kier alpha value is 0.626. The third-order valence-corrected chi connectivity index (χ3v) is 17.6. The molecule has 0 heterocycles. The summed E-state index contributed by atoms with van der Waals surface area (Å²) in [5.41, 5.74) is 1.56. The molecule has 0 saturated carbocycles. The van der Waals surface area contributed by atoms with Gasteiger partial charge in [-0.1, -0.05) is 54.0 Å². The van der Waals surface area contributed by atoms with Gasteiger partial charge in [-0.2, -0.15) is 0 Å². The first-order valence-electron chi connectivity index (χ1n) is 12.3. The van der Waals surface area contributed by atoms with E-state index in [9.17, 15) is 0 Å². The number of hydrogen-bond acceptors (Lipinski definition) is 2. The maximum atomic E-state index is 6.96. The average Bonchev–Trinajstić information content (AvgIpc) is 2.49. The summed E-state index contributed by atoms with van der Waals surface area (Å²) in [6, 6.07) is 0. The molecule has 0 aliphatic carbocycles. The molecule has 0 amide bonds. The van der Waals surface area contributed by atoms with Crippen molar-refractivity contribution < 1.29 is 8.85 Å². The van der Waals surface area contributed by atoms with Crippen LogP contribution in [0.15, 0.2) is 10.5 Å². The van der Waals surface area contributed by atoms with Gasteiger partial charge in [0.05, 0.1) is 0 Å². The lowest BCUT2D eigenvalue weighted by Crippen LogP contribution is -2.45. The largest absolute Gasteiger partial charge is 0.417 e. The number of unbranched alkanes of at least 4 members (excludes halogenated alkanes) is 1. The molecule has 0 aromatic carbocycles. The highest BCUT2D eigenvalue weighted by molar-refractivity contribution is 6.74. The molecule has 0 fully saturated rings. The Morgan fingerprint density at radius 3 is 1.83 bits per heavy atom. The van der Waals surface area contributed by atoms with Crippen LogP contribution in [0, 0.1) is 5.92 Å². The predicted molar refractivity (Wildman–Crippen MR) is 144 cm³/mol. The fraction of sp³-hybridized carbons (Fsp3) is 0.920. The summed E-state index contributed by atoms with van der Waals surface area (Å²) in [7, 11) is -3.40. The molecule has 0 aromatic rings. The van der Waals surface area contributed by atoms with Crippen LogP contribution in [-0.2, 0) is 8.85 Å². The van der Waals surface area contributed by atoms with Crippen LogP contribution in [-0.4, -0.2) is 43.5 Å². The molecule has 0 unspecified atom stereocenters. The highest BCUT2D eigenvalue weighted by Gasteiger charge is 2.40. The van der Waals surface area contributed by atoms with E-state index >= 15 is 0 Å². The minimum Gasteiger partial charge on any atom is -0.417 e. The predicted octanol–water partition coefficient (Wildman–Crippen LogP) is 8.84. The Morgan fingerprint density at radius 2 is 1.40 bits per heavy atom. The Balaban J connectivity index is 5.02. The Bertz CT molecular complexity index is 528. The zero-order chi connectivity index (χ0) is 24.0. The fourth-order valence-electron chi connectivity index (χ4n) is 3.28. The smallest absolute Gasteiger partial charge is 0.288 e. The molecule has 30 heavy (non-hydrogen) atoms. The SMILES string of the molecule is C/C(=[CH]\[Al]([CH3])[CH3])C[C@H](C)[C@H](CCCCO[Si](C)(C)C(C)(C)C)O[Si](C)(C)C(C)(C)C. The average molecular weight is 471 g/mol. The van der Waals surface area contributed by atoms with Gasteiger partial charge >= 0.3 is 0 Å². The van der Waals surface area contributed by atoms with Crippen LogP contribution >= 0.6 is 0 Å². The van der Waals surface area contributed by atoms with E-state index in [0.717, 1.165) is 19.4 Å². The van der Waals surface area contributed by atoms with Crippen molar-refractivity contribution >= 4 is 30.8 Å². The van der Waals surface area contributed by atoms with Gasteiger partial charge in [0.2, 0.25) is 0 Å². The monoisotopic (exact) mass is 470 g/mol. The molecule has 0 rings (SSSR count). The second-order valence-corrected chi connectivity index (χ2v) is 25.3. The Labute approximate surface area is 197 Å². The van der Waals surface area contributed by atoms with Crippen LogP contribution in [0.25, 0.3) is 0 Å². The fourth-order valence-corrected chi connectivity index (χ4v) is 7.11. The molecule has 0 spiro atoms. The molecule has 0 N–H and O–H groups in total. The summed E-state index contributed by atoms with van der Waals surface area (Å²) in [5.74, 6) is 5.38. The van der Waals surface area contributed by atoms with Gasteiger partial charge in [0, 0.05) is 12.7 Å². The number of allylic oxidation sites excluding steroid dienone is 1. The second kappa shape index (κ2) is 12.2. The maximum Gasteiger partial charge on any atom is 0.288 e. The highest BCUT2D eigenvalue weighted by Crippen LogP contribution is 2.39. The van der Waals surface area contributed by atoms with Crippen molar-refractivity contribution in [2.75, 3.05) is 6.61 Å². The molecule has 2 atom stereocenters. The van der Waals surface area contributed by atoms with E-state index < -0.39 is 30.8 Å². The molecule has 0 aliphatic heterocycles. The van der Waals surface area contributed by atoms with Crippen LogP contribution in [0.4, 0.5) is 0 Å². The minimum absolute atomic E-state index is 0.256. The molecule has 0 saturated heterocycles. The molecule has 0 aromatic heterocycles. The van der Waals surface area contributed by atoms with Crippen LogP contribution in [0.3, 0.4) is 0 Å². The lowest BCUT2D eigenvalue weighted by Gasteiger charge is -2.41. The van der Waals surface area contributed by atoms with Gasteiger partial charge in [-0.15, -0.1) is 16.5 Å². The first kappa shape index (κ1) is 30.6. The topological polar surface area (TPSA) is 18.5 Å². The molecule has 5 heteroatoms. The first-order chi connectivity index (χ1) is 13.3. The lowest BCUT2D eigenvalue weighted by atomic mass is 9.94. The van der Waals surface area contributed by atoms with Crippen LogP contribution < -0.4 is 0 Å². The van der Waals surface area contributed by atoms with Crippen LogP contribution in [0.1, 0.15) is 81.1 Å². The summed E-state index contributed by atoms with van der Waals surface area (Å²) in [6.07, 6.45) is 5.02. The molecular formula is C25H55AlO2Si2. The third kappa shape index (κ3) is 11.0. The van der Waals surface area contributed by atoms with E-state index in [1.165, 1.54) is 12.8 Å². The molecule has 2 nitrogen and oxygen atoms in total. The van der Waals surface area contributed by atoms with Gasteiger partial charge in [0.1, 0.15) is 0 Å². The van der Waals surface area contributed by atoms with E-state index in [4.69, 9.17) is 8.85 Å². The zero-order valence-electron chi connectivity index (χ0n) is 23.2. The van der Waals surface area contributed by atoms with Gasteiger partial charge in [-0.3, -0.25) is 0 Å². The molecule has 0 aliphatic rings. The summed E-state index contributed by atoms with van der Waals surface area (Å²) in [6.45, 7) is 29.1. The van der Waals surface area contributed by atoms with Crippen molar-refractivity contribution in [2.45, 2.75) is 135 Å². The Kier molecular flexibility index (Phi) is 12.4. The van der Waals surface area contributed by atoms with E-state index in [0.29, 0.717) is 17.1 Å². The number of rotatable bonds is 12. The van der Waals surface area contributed by atoms with E-state index in [2.05, 4.69) is 98.1 Å². The van der Waals surface area contributed by atoms with Crippen LogP contribution in [0.5, 0.6) is 0 Å². The summed E-state index contributed by atoms with van der Waals surface area (Å²) in [4.78, 5) is 2.55. The summed E-state index contributed by atoms with van der Waals surface area (Å²) < 4.78 is 13.4. The molecular weight excluding hydrogens is 415 g/mol. The van der Waals surface area contributed by atoms with Crippen molar-refractivity contribution in [3.05, 3.63) is 10.5 Å². The normalized spacial score (nSPS) is 16.5. The molecule has 0 radical (unpaired) electrons. The third-order valence-electron chi connectivity index (χ3n) is 7.30. The number of hydrogen-bond donors (Lipinski definition) is 0. The van der Waals surface area contributed by atoms with Gasteiger partial charge in [-0.25, -0.2) is 0 Å². The molecule has 178 valence electrons. The highest BCUT2D eigenvalue weighted by atomic mass is 28.4. The van der Waals surface area contributed by atoms with Gasteiger partial charge in [0.25, 0.3) is 14.1 Å². The van der Waals surface area contributed by atoms with Crippen LogP contribution in [0.2, 0.25) is 47.8 Å². The first-order valence-corrected chi connectivity index (χ1v) is 21.1. The van der Waals surface area contributed by atoms with Crippen molar-refractivity contribution in [2.24, 2.45) is 5.92 Å². The Morgan fingerprint density at radius 1 is 0.900 bits per heavy atom. The lowest BCUT2D eigenvalue weighted by molar-refractivity contribution is 0.111. The van der Waals surface area contributed by atoms with Gasteiger partial charge in [0.15, 0.2) is 16.6 Å². The second-order valence-electron chi connectivity index (χ2n) is 13.0. The van der Waals surface area contributed by atoms with Crippen molar-refractivity contribution in [3.8, 4) is 0 Å². The summed E-state index contributed by atoms with van der Waals surface area (Å²) >= 11 is -0.658. The molecule has 0 bridgehead atoms. The standard InChI is InChI=1S/C23H49O2Si2.2CH3.Al/c1-19(2)18-20(3)21(25-27(12,13)23(7,8)9)16-14-15-17-24-26(10,11)22(4,5)6;;;/h1,20-21H,14-18H2,2-13H3;2*1H3;/t20-,21-;;;/m0.../s1. The van der Waals surface area contributed by atoms with E-state index in [-0.39, 0.29) is 5.04 Å². The maximum absolute atomic E-state index is 6.96. The van der Waals surface area contributed by atoms with Crippen molar-refractivity contribution in [1.82, 2.24) is 0 Å². The van der Waals surface area contributed by atoms with E-state index in [1.807, 2.05) is 0 Å². The minimum atomic E-state index is -1.77. The quantitative estimate of drug-likeness (QED) is 0.209. The van der Waals surface area contributed by atoms with Gasteiger partial charge in [-0.05, 0) is 74.8 Å². The van der Waals surface area contributed by atoms with Crippen molar-refractivity contribution in [3.63, 3.8) is 0 Å². The van der Waals surface area contributed by atoms with E-state index in [1.54, 1.807) is 5.57 Å². The van der Waals surface area contributed by atoms with Gasteiger partial charge < -0.3 is 8.85 Å². The van der Waals surface area contributed by atoms with Crippen molar-refractivity contribution in [1.29, 1.82) is 0 Å². The summed E-state index contributed by atoms with van der Waals surface area (Å²) in [5, 5.41) is 0.547.